The number of benzene rings is 1. The van der Waals surface area contributed by atoms with Crippen molar-refractivity contribution in [3.63, 3.8) is 0 Å². The quantitative estimate of drug-likeness (QED) is 0.223. The number of unbranched alkanes of at least 4 members (excludes halogenated alkanes) is 1. The lowest BCUT2D eigenvalue weighted by Gasteiger charge is -2.36. The first kappa shape index (κ1) is 25.4. The summed E-state index contributed by atoms with van der Waals surface area (Å²) in [5, 5.41) is 6.78. The van der Waals surface area contributed by atoms with Crippen LogP contribution in [0.15, 0.2) is 53.7 Å². The Kier molecular flexibility index (Phi) is 11.7. The molecule has 0 unspecified atom stereocenters. The van der Waals surface area contributed by atoms with E-state index in [1.165, 1.54) is 24.2 Å². The van der Waals surface area contributed by atoms with Gasteiger partial charge >= 0.3 is 0 Å². The fourth-order valence-corrected chi connectivity index (χ4v) is 3.80. The second kappa shape index (κ2) is 14.2. The van der Waals surface area contributed by atoms with E-state index in [4.69, 9.17) is 0 Å². The van der Waals surface area contributed by atoms with Crippen molar-refractivity contribution in [2.45, 2.75) is 26.2 Å². The van der Waals surface area contributed by atoms with E-state index < -0.39 is 0 Å². The van der Waals surface area contributed by atoms with Gasteiger partial charge in [0.05, 0.1) is 0 Å². The van der Waals surface area contributed by atoms with E-state index in [1.807, 2.05) is 25.4 Å². The van der Waals surface area contributed by atoms with Gasteiger partial charge in [-0.3, -0.25) is 14.9 Å². The highest BCUT2D eigenvalue weighted by atomic mass is 127. The number of pyridine rings is 1. The number of piperazine rings is 1. The summed E-state index contributed by atoms with van der Waals surface area (Å²) in [6.07, 6.45) is 5.10. The summed E-state index contributed by atoms with van der Waals surface area (Å²) in [5.74, 6) is 0.873. The minimum atomic E-state index is 0. The van der Waals surface area contributed by atoms with Gasteiger partial charge in [0.1, 0.15) is 0 Å². The molecule has 0 atom stereocenters. The monoisotopic (exact) mass is 536 g/mol. The van der Waals surface area contributed by atoms with Gasteiger partial charge in [-0.25, -0.2) is 0 Å². The van der Waals surface area contributed by atoms with E-state index in [0.29, 0.717) is 0 Å². The van der Waals surface area contributed by atoms with E-state index in [9.17, 15) is 0 Å². The smallest absolute Gasteiger partial charge is 0.190 e. The van der Waals surface area contributed by atoms with Crippen LogP contribution in [0.25, 0.3) is 0 Å². The molecule has 1 aliphatic heterocycles. The predicted molar refractivity (Wildman–Crippen MR) is 142 cm³/mol. The Bertz CT molecular complexity index is 775. The average Bonchev–Trinajstić information content (AvgIpc) is 2.79. The van der Waals surface area contributed by atoms with Crippen LogP contribution in [-0.4, -0.2) is 68.7 Å². The number of aromatic nitrogens is 1. The van der Waals surface area contributed by atoms with Gasteiger partial charge < -0.3 is 15.5 Å². The zero-order valence-corrected chi connectivity index (χ0v) is 21.2. The summed E-state index contributed by atoms with van der Waals surface area (Å²) in [6, 6.07) is 14.9. The number of nitrogens with zero attached hydrogens (tertiary/aromatic N) is 4. The zero-order valence-electron chi connectivity index (χ0n) is 18.9. The third-order valence-corrected chi connectivity index (χ3v) is 5.56. The molecule has 170 valence electrons. The van der Waals surface area contributed by atoms with Crippen LogP contribution in [0, 0.1) is 6.92 Å². The van der Waals surface area contributed by atoms with Crippen molar-refractivity contribution in [2.75, 3.05) is 57.8 Å². The third kappa shape index (κ3) is 9.03. The molecule has 1 aromatic carbocycles. The molecule has 0 saturated carbocycles. The molecular weight excluding hydrogens is 499 g/mol. The Morgan fingerprint density at radius 1 is 1.00 bits per heavy atom. The molecule has 6 nitrogen and oxygen atoms in total. The first-order valence-corrected chi connectivity index (χ1v) is 11.1. The Morgan fingerprint density at radius 2 is 1.81 bits per heavy atom. The summed E-state index contributed by atoms with van der Waals surface area (Å²) in [7, 11) is 1.82. The summed E-state index contributed by atoms with van der Waals surface area (Å²) in [5.41, 5.74) is 3.80. The van der Waals surface area contributed by atoms with E-state index >= 15 is 0 Å². The Balaban J connectivity index is 0.00000341. The molecule has 7 heteroatoms. The van der Waals surface area contributed by atoms with Crippen LogP contribution in [0.2, 0.25) is 0 Å². The summed E-state index contributed by atoms with van der Waals surface area (Å²) in [4.78, 5) is 13.8. The van der Waals surface area contributed by atoms with Gasteiger partial charge in [-0.1, -0.05) is 18.2 Å². The maximum absolute atomic E-state index is 4.35. The van der Waals surface area contributed by atoms with Gasteiger partial charge in [0, 0.05) is 70.3 Å². The van der Waals surface area contributed by atoms with Gasteiger partial charge in [0.15, 0.2) is 5.96 Å². The number of anilines is 1. The molecule has 1 aromatic heterocycles. The Morgan fingerprint density at radius 3 is 2.52 bits per heavy atom. The van der Waals surface area contributed by atoms with Crippen molar-refractivity contribution in [1.82, 2.24) is 20.5 Å². The lowest BCUT2D eigenvalue weighted by molar-refractivity contribution is 0.253. The van der Waals surface area contributed by atoms with Crippen LogP contribution in [0.5, 0.6) is 0 Å². The number of rotatable bonds is 9. The molecule has 31 heavy (non-hydrogen) atoms. The number of aryl methyl sites for hydroxylation is 1. The standard InChI is InChI=1S/C24H36N6.HI/c1-21-8-7-10-23(20-21)30-18-16-29(17-19-30)15-6-5-13-27-24(25-2)28-14-11-22-9-3-4-12-26-22;/h3-4,7-10,12,20H,5-6,11,13-19H2,1-2H3,(H2,25,27,28);1H. The highest BCUT2D eigenvalue weighted by Crippen LogP contribution is 2.17. The van der Waals surface area contributed by atoms with E-state index in [2.05, 4.69) is 67.7 Å². The predicted octanol–water partition coefficient (Wildman–Crippen LogP) is 3.32. The lowest BCUT2D eigenvalue weighted by Crippen LogP contribution is -2.46. The largest absolute Gasteiger partial charge is 0.369 e. The third-order valence-electron chi connectivity index (χ3n) is 5.56. The van der Waals surface area contributed by atoms with Gasteiger partial charge in [0.25, 0.3) is 0 Å². The molecule has 3 rings (SSSR count). The van der Waals surface area contributed by atoms with Crippen LogP contribution >= 0.6 is 24.0 Å². The first-order chi connectivity index (χ1) is 14.7. The zero-order chi connectivity index (χ0) is 21.0. The number of hydrogen-bond donors (Lipinski definition) is 2. The minimum Gasteiger partial charge on any atom is -0.369 e. The van der Waals surface area contributed by atoms with Crippen LogP contribution < -0.4 is 15.5 Å². The summed E-state index contributed by atoms with van der Waals surface area (Å²) < 4.78 is 0. The molecule has 1 fully saturated rings. The lowest BCUT2D eigenvalue weighted by atomic mass is 10.2. The molecule has 0 amide bonds. The van der Waals surface area contributed by atoms with Crippen LogP contribution in [0.3, 0.4) is 0 Å². The minimum absolute atomic E-state index is 0. The highest BCUT2D eigenvalue weighted by molar-refractivity contribution is 14.0. The summed E-state index contributed by atoms with van der Waals surface area (Å²) >= 11 is 0. The molecule has 1 saturated heterocycles. The normalized spacial score (nSPS) is 14.8. The Labute approximate surface area is 204 Å². The summed E-state index contributed by atoms with van der Waals surface area (Å²) in [6.45, 7) is 9.67. The van der Waals surface area contributed by atoms with Crippen molar-refractivity contribution in [1.29, 1.82) is 0 Å². The molecular formula is C24H37IN6. The number of halogens is 1. The van der Waals surface area contributed by atoms with Crippen LogP contribution in [-0.2, 0) is 6.42 Å². The maximum Gasteiger partial charge on any atom is 0.190 e. The molecule has 0 bridgehead atoms. The van der Waals surface area contributed by atoms with Crippen molar-refractivity contribution >= 4 is 35.6 Å². The average molecular weight is 537 g/mol. The van der Waals surface area contributed by atoms with Gasteiger partial charge in [-0.15, -0.1) is 24.0 Å². The van der Waals surface area contributed by atoms with Crippen molar-refractivity contribution in [3.05, 3.63) is 59.9 Å². The molecule has 2 heterocycles. The van der Waals surface area contributed by atoms with Crippen molar-refractivity contribution < 1.29 is 0 Å². The van der Waals surface area contributed by atoms with Crippen molar-refractivity contribution in [3.8, 4) is 0 Å². The van der Waals surface area contributed by atoms with Gasteiger partial charge in [-0.2, -0.15) is 0 Å². The maximum atomic E-state index is 4.35. The molecule has 0 aliphatic carbocycles. The molecule has 0 spiro atoms. The van der Waals surface area contributed by atoms with Crippen molar-refractivity contribution in [2.24, 2.45) is 4.99 Å². The molecule has 2 aromatic rings. The SMILES string of the molecule is CN=C(NCCCCN1CCN(c2cccc(C)c2)CC1)NCCc1ccccn1.I. The molecule has 1 aliphatic rings. The van der Waals surface area contributed by atoms with Crippen LogP contribution in [0.1, 0.15) is 24.1 Å². The van der Waals surface area contributed by atoms with E-state index in [-0.39, 0.29) is 24.0 Å². The number of guanidine groups is 1. The molecule has 0 radical (unpaired) electrons. The fraction of sp³-hybridized carbons (Fsp3) is 0.500. The second-order valence-corrected chi connectivity index (χ2v) is 7.87. The highest BCUT2D eigenvalue weighted by Gasteiger charge is 2.16. The van der Waals surface area contributed by atoms with Gasteiger partial charge in [-0.05, 0) is 56.1 Å². The Hall–Kier alpha value is -1.87. The van der Waals surface area contributed by atoms with Crippen LogP contribution in [0.4, 0.5) is 5.69 Å². The van der Waals surface area contributed by atoms with Gasteiger partial charge in [0.2, 0.25) is 0 Å². The van der Waals surface area contributed by atoms with E-state index in [1.54, 1.807) is 0 Å². The number of hydrogen-bond acceptors (Lipinski definition) is 4. The molecule has 2 N–H and O–H groups in total. The topological polar surface area (TPSA) is 55.8 Å². The fourth-order valence-electron chi connectivity index (χ4n) is 3.80. The first-order valence-electron chi connectivity index (χ1n) is 11.1. The number of nitrogens with one attached hydrogen (secondary N) is 2. The number of aliphatic imine (C=N–C) groups is 1. The second-order valence-electron chi connectivity index (χ2n) is 7.87. The van der Waals surface area contributed by atoms with E-state index in [0.717, 1.165) is 63.8 Å².